The molecule has 0 radical (unpaired) electrons. The summed E-state index contributed by atoms with van der Waals surface area (Å²) < 4.78 is 0. The van der Waals surface area contributed by atoms with Gasteiger partial charge in [0.1, 0.15) is 30.2 Å². The largest absolute Gasteiger partial charge is 0.481 e. The number of hydrogen-bond donors (Lipinski definition) is 13. The lowest BCUT2D eigenvalue weighted by atomic mass is 9.96. The van der Waals surface area contributed by atoms with E-state index < -0.39 is 102 Å². The molecule has 0 saturated carbocycles. The molecule has 0 aliphatic rings. The van der Waals surface area contributed by atoms with Gasteiger partial charge in [-0.3, -0.25) is 39.0 Å². The predicted octanol–water partition coefficient (Wildman–Crippen LogP) is -3.25. The Morgan fingerprint density at radius 2 is 1.26 bits per heavy atom. The van der Waals surface area contributed by atoms with Crippen LogP contribution < -0.4 is 54.8 Å². The minimum absolute atomic E-state index is 0.0152. The van der Waals surface area contributed by atoms with Crippen molar-refractivity contribution in [2.75, 3.05) is 25.1 Å². The number of carboxylic acid groups (broad SMARTS) is 2. The predicted molar refractivity (Wildman–Crippen MR) is 200 cm³/mol. The SMILES string of the molecule is CC[C@H](C)[C@H](NC(=O)[C@H](CCCNC(=N)N)NC(=O)[C@@H](N)CCC(=O)O)C(=O)N[C@@H](CC(N)=O)C(=O)N[C@@H](CCCCN)C(=O)N[C@@H](CCSC)C(=O)O. The van der Waals surface area contributed by atoms with Crippen molar-refractivity contribution in [1.29, 1.82) is 5.41 Å². The van der Waals surface area contributed by atoms with E-state index >= 15 is 0 Å². The molecule has 0 spiro atoms. The first kappa shape index (κ1) is 49.3. The fraction of sp³-hybridized carbons (Fsp3) is 0.719. The van der Waals surface area contributed by atoms with Crippen LogP contribution in [0.5, 0.6) is 0 Å². The third-order valence-electron chi connectivity index (χ3n) is 8.26. The summed E-state index contributed by atoms with van der Waals surface area (Å²) in [5.41, 5.74) is 22.1. The third kappa shape index (κ3) is 20.5. The van der Waals surface area contributed by atoms with Crippen LogP contribution in [0, 0.1) is 11.3 Å². The van der Waals surface area contributed by atoms with Gasteiger partial charge in [-0.15, -0.1) is 0 Å². The molecule has 0 fully saturated rings. The number of primary amides is 1. The van der Waals surface area contributed by atoms with Crippen LogP contribution in [0.4, 0.5) is 0 Å². The van der Waals surface area contributed by atoms with Gasteiger partial charge in [-0.2, -0.15) is 11.8 Å². The van der Waals surface area contributed by atoms with Crippen LogP contribution >= 0.6 is 11.8 Å². The molecule has 0 saturated heterocycles. The smallest absolute Gasteiger partial charge is 0.326 e. The summed E-state index contributed by atoms with van der Waals surface area (Å²) in [6, 6.07) is -7.97. The van der Waals surface area contributed by atoms with Crippen LogP contribution in [0.15, 0.2) is 0 Å². The van der Waals surface area contributed by atoms with E-state index in [1.165, 1.54) is 11.8 Å². The second kappa shape index (κ2) is 27.0. The Labute approximate surface area is 318 Å². The molecule has 17 N–H and O–H groups in total. The lowest BCUT2D eigenvalue weighted by Crippen LogP contribution is -2.60. The van der Waals surface area contributed by atoms with Crippen molar-refractivity contribution in [1.82, 2.24) is 31.9 Å². The second-order valence-corrected chi connectivity index (χ2v) is 13.7. The zero-order valence-corrected chi connectivity index (χ0v) is 31.9. The monoisotopic (exact) mass is 789 g/mol. The molecule has 0 bridgehead atoms. The molecule has 0 aromatic rings. The van der Waals surface area contributed by atoms with Crippen molar-refractivity contribution in [3.05, 3.63) is 0 Å². The summed E-state index contributed by atoms with van der Waals surface area (Å²) >= 11 is 1.38. The molecular formula is C32H59N11O10S. The Balaban J connectivity index is 6.25. The number of nitrogens with one attached hydrogen (secondary N) is 7. The van der Waals surface area contributed by atoms with E-state index in [-0.39, 0.29) is 51.2 Å². The highest BCUT2D eigenvalue weighted by Crippen LogP contribution is 2.12. The van der Waals surface area contributed by atoms with Crippen molar-refractivity contribution >= 4 is 65.1 Å². The number of guanidine groups is 1. The second-order valence-electron chi connectivity index (χ2n) is 12.7. The molecule has 0 unspecified atom stereocenters. The van der Waals surface area contributed by atoms with Crippen molar-refractivity contribution in [2.45, 2.75) is 114 Å². The zero-order valence-electron chi connectivity index (χ0n) is 31.1. The van der Waals surface area contributed by atoms with Crippen molar-refractivity contribution in [3.8, 4) is 0 Å². The van der Waals surface area contributed by atoms with Gasteiger partial charge < -0.3 is 65.0 Å². The van der Waals surface area contributed by atoms with Gasteiger partial charge in [0.2, 0.25) is 35.4 Å². The molecule has 308 valence electrons. The minimum atomic E-state index is -1.62. The molecule has 54 heavy (non-hydrogen) atoms. The van der Waals surface area contributed by atoms with Gasteiger partial charge in [-0.25, -0.2) is 4.79 Å². The number of carbonyl (C=O) groups is 8. The number of hydrogen-bond acceptors (Lipinski definition) is 12. The van der Waals surface area contributed by atoms with E-state index in [0.29, 0.717) is 25.0 Å². The number of amides is 6. The van der Waals surface area contributed by atoms with Gasteiger partial charge in [-0.1, -0.05) is 20.3 Å². The fourth-order valence-electron chi connectivity index (χ4n) is 4.91. The number of aliphatic carboxylic acids is 2. The molecule has 0 aliphatic heterocycles. The Hall–Kier alpha value is -4.70. The Morgan fingerprint density at radius 3 is 1.78 bits per heavy atom. The van der Waals surface area contributed by atoms with Crippen LogP contribution in [0.2, 0.25) is 0 Å². The lowest BCUT2D eigenvalue weighted by Gasteiger charge is -2.29. The lowest BCUT2D eigenvalue weighted by molar-refractivity contribution is -0.142. The summed E-state index contributed by atoms with van der Waals surface area (Å²) in [4.78, 5) is 102. The first-order valence-corrected chi connectivity index (χ1v) is 19.0. The number of carboxylic acids is 2. The highest BCUT2D eigenvalue weighted by molar-refractivity contribution is 7.98. The highest BCUT2D eigenvalue weighted by Gasteiger charge is 2.35. The fourth-order valence-corrected chi connectivity index (χ4v) is 5.39. The number of carbonyl (C=O) groups excluding carboxylic acids is 6. The molecule has 22 heteroatoms. The van der Waals surface area contributed by atoms with E-state index in [4.69, 9.17) is 33.5 Å². The molecule has 21 nitrogen and oxygen atoms in total. The normalized spacial score (nSPS) is 14.8. The number of thioether (sulfide) groups is 1. The average Bonchev–Trinajstić information content (AvgIpc) is 3.10. The first-order valence-electron chi connectivity index (χ1n) is 17.6. The van der Waals surface area contributed by atoms with Gasteiger partial charge in [0.05, 0.1) is 12.5 Å². The molecule has 0 aliphatic carbocycles. The molecule has 0 aromatic heterocycles. The third-order valence-corrected chi connectivity index (χ3v) is 8.90. The van der Waals surface area contributed by atoms with E-state index in [1.807, 2.05) is 0 Å². The summed E-state index contributed by atoms with van der Waals surface area (Å²) in [5.74, 6) is -8.17. The van der Waals surface area contributed by atoms with E-state index in [0.717, 1.165) is 0 Å². The average molecular weight is 790 g/mol. The Morgan fingerprint density at radius 1 is 0.722 bits per heavy atom. The maximum atomic E-state index is 13.7. The van der Waals surface area contributed by atoms with E-state index in [2.05, 4.69) is 31.9 Å². The summed E-state index contributed by atoms with van der Waals surface area (Å²) in [7, 11) is 0. The van der Waals surface area contributed by atoms with Crippen LogP contribution in [0.25, 0.3) is 0 Å². The Kier molecular flexibility index (Phi) is 24.6. The highest BCUT2D eigenvalue weighted by atomic mass is 32.2. The standard InChI is InChI=1S/C32H59N11O10S/c1-4-17(2)25(43-28(49)20(9-7-14-38-32(36)37)39-26(47)18(34)10-11-24(45)46)30(51)42-22(16-23(35)44)29(50)40-19(8-5-6-13-33)27(48)41-21(31(52)53)12-15-54-3/h17-22,25H,4-16,33-34H2,1-3H3,(H2,35,44)(H,39,47)(H,40,50)(H,41,48)(H,42,51)(H,43,49)(H,45,46)(H,52,53)(H4,36,37,38)/t17-,18-,19-,20-,21-,22-,25-/m0/s1. The van der Waals surface area contributed by atoms with Crippen molar-refractivity contribution in [2.24, 2.45) is 28.9 Å². The van der Waals surface area contributed by atoms with Gasteiger partial charge in [-0.05, 0) is 69.4 Å². The molecule has 0 aromatic carbocycles. The Bertz CT molecular complexity index is 1290. The van der Waals surface area contributed by atoms with Crippen molar-refractivity contribution in [3.63, 3.8) is 0 Å². The molecule has 7 atom stereocenters. The van der Waals surface area contributed by atoms with Gasteiger partial charge in [0.25, 0.3) is 0 Å². The quantitative estimate of drug-likeness (QED) is 0.0201. The van der Waals surface area contributed by atoms with E-state index in [9.17, 15) is 43.5 Å². The van der Waals surface area contributed by atoms with Crippen LogP contribution in [0.3, 0.4) is 0 Å². The van der Waals surface area contributed by atoms with Crippen LogP contribution in [0.1, 0.15) is 78.1 Å². The topological polar surface area (TPSA) is 377 Å². The van der Waals surface area contributed by atoms with E-state index in [1.54, 1.807) is 20.1 Å². The molecule has 0 rings (SSSR count). The maximum Gasteiger partial charge on any atom is 0.326 e. The summed E-state index contributed by atoms with van der Waals surface area (Å²) in [6.45, 7) is 3.80. The molecule has 0 heterocycles. The summed E-state index contributed by atoms with van der Waals surface area (Å²) in [5, 5.41) is 40.8. The van der Waals surface area contributed by atoms with Crippen molar-refractivity contribution < 1.29 is 48.6 Å². The van der Waals surface area contributed by atoms with Gasteiger partial charge >= 0.3 is 11.9 Å². The number of unbranched alkanes of at least 4 members (excludes halogenated alkanes) is 1. The van der Waals surface area contributed by atoms with Crippen LogP contribution in [-0.4, -0.2) is 125 Å². The van der Waals surface area contributed by atoms with Gasteiger partial charge in [0, 0.05) is 13.0 Å². The zero-order chi connectivity index (χ0) is 41.4. The maximum absolute atomic E-state index is 13.7. The van der Waals surface area contributed by atoms with Gasteiger partial charge in [0.15, 0.2) is 5.96 Å². The number of rotatable bonds is 29. The number of nitrogens with two attached hydrogens (primary N) is 4. The first-order chi connectivity index (χ1) is 25.4. The van der Waals surface area contributed by atoms with Crippen LogP contribution in [-0.2, 0) is 38.4 Å². The molecule has 6 amide bonds. The minimum Gasteiger partial charge on any atom is -0.481 e. The summed E-state index contributed by atoms with van der Waals surface area (Å²) in [6.07, 6.45) is 2.04. The molecular weight excluding hydrogens is 730 g/mol.